The second-order valence-electron chi connectivity index (χ2n) is 6.55. The quantitative estimate of drug-likeness (QED) is 0.566. The third kappa shape index (κ3) is 4.56. The van der Waals surface area contributed by atoms with Crippen molar-refractivity contribution < 1.29 is 0 Å². The van der Waals surface area contributed by atoms with E-state index in [-0.39, 0.29) is 0 Å². The van der Waals surface area contributed by atoms with Gasteiger partial charge in [0.1, 0.15) is 12.2 Å². The minimum Gasteiger partial charge on any atom is -0.271 e. The second kappa shape index (κ2) is 7.74. The first-order chi connectivity index (χ1) is 9.69. The minimum absolute atomic E-state index is 0.311. The Hall–Kier alpha value is -0.940. The molecule has 0 aromatic carbocycles. The van der Waals surface area contributed by atoms with Crippen LogP contribution in [0.4, 0.5) is 0 Å². The molecule has 0 aliphatic heterocycles. The summed E-state index contributed by atoms with van der Waals surface area (Å²) in [5.74, 6) is 8.26. The van der Waals surface area contributed by atoms with E-state index in [1.54, 1.807) is 6.33 Å². The summed E-state index contributed by atoms with van der Waals surface area (Å²) in [4.78, 5) is 4.39. The Bertz CT molecular complexity index is 381. The molecule has 1 heterocycles. The fourth-order valence-corrected chi connectivity index (χ4v) is 3.15. The summed E-state index contributed by atoms with van der Waals surface area (Å²) in [5.41, 5.74) is 2.96. The molecular formula is C15H29N5. The predicted octanol–water partition coefficient (Wildman–Crippen LogP) is 2.28. The summed E-state index contributed by atoms with van der Waals surface area (Å²) in [7, 11) is 0. The molecule has 0 amide bonds. The lowest BCUT2D eigenvalue weighted by Gasteiger charge is -2.18. The third-order valence-electron chi connectivity index (χ3n) is 4.30. The highest BCUT2D eigenvalue weighted by Gasteiger charge is 2.18. The van der Waals surface area contributed by atoms with Crippen LogP contribution in [0.3, 0.4) is 0 Å². The first-order valence-electron chi connectivity index (χ1n) is 8.01. The first-order valence-corrected chi connectivity index (χ1v) is 8.01. The first kappa shape index (κ1) is 15.4. The number of aromatic nitrogens is 3. The zero-order valence-corrected chi connectivity index (χ0v) is 12.9. The number of hydrogen-bond donors (Lipinski definition) is 2. The van der Waals surface area contributed by atoms with E-state index in [1.165, 1.54) is 32.1 Å². The van der Waals surface area contributed by atoms with Crippen molar-refractivity contribution in [3.8, 4) is 0 Å². The second-order valence-corrected chi connectivity index (χ2v) is 6.55. The molecule has 0 saturated heterocycles. The third-order valence-corrected chi connectivity index (χ3v) is 4.30. The normalized spacial score (nSPS) is 18.0. The molecule has 1 atom stereocenters. The number of nitrogens with two attached hydrogens (primary N) is 1. The number of nitrogens with one attached hydrogen (secondary N) is 1. The summed E-state index contributed by atoms with van der Waals surface area (Å²) in [6.07, 6.45) is 10.6. The van der Waals surface area contributed by atoms with E-state index in [1.807, 2.05) is 4.68 Å². The van der Waals surface area contributed by atoms with Crippen molar-refractivity contribution in [1.29, 1.82) is 0 Å². The molecule has 114 valence electrons. The Kier molecular flexibility index (Phi) is 5.98. The summed E-state index contributed by atoms with van der Waals surface area (Å²) in [6, 6.07) is 0.311. The van der Waals surface area contributed by atoms with E-state index >= 15 is 0 Å². The minimum atomic E-state index is 0.311. The van der Waals surface area contributed by atoms with E-state index in [2.05, 4.69) is 29.4 Å². The van der Waals surface area contributed by atoms with Crippen molar-refractivity contribution in [1.82, 2.24) is 20.2 Å². The van der Waals surface area contributed by atoms with Crippen LogP contribution in [0.1, 0.15) is 58.2 Å². The van der Waals surface area contributed by atoms with Crippen molar-refractivity contribution in [2.45, 2.75) is 71.4 Å². The Labute approximate surface area is 122 Å². The fraction of sp³-hybridized carbons (Fsp3) is 0.867. The molecule has 1 aliphatic carbocycles. The zero-order chi connectivity index (χ0) is 14.4. The number of rotatable bonds is 8. The van der Waals surface area contributed by atoms with Crippen LogP contribution in [0.2, 0.25) is 0 Å². The van der Waals surface area contributed by atoms with Crippen molar-refractivity contribution >= 4 is 0 Å². The topological polar surface area (TPSA) is 68.8 Å². The van der Waals surface area contributed by atoms with Crippen LogP contribution in [-0.2, 0) is 13.0 Å². The molecule has 3 N–H and O–H groups in total. The SMILES string of the molecule is CC(C)Cn1ncnc1CC(CCC1CCCC1)NN. The number of hydrazine groups is 1. The Balaban J connectivity index is 1.84. The van der Waals surface area contributed by atoms with Crippen LogP contribution in [0.15, 0.2) is 6.33 Å². The molecule has 0 radical (unpaired) electrons. The van der Waals surface area contributed by atoms with Crippen LogP contribution < -0.4 is 11.3 Å². The molecule has 0 bridgehead atoms. The van der Waals surface area contributed by atoms with Crippen LogP contribution in [-0.4, -0.2) is 20.8 Å². The van der Waals surface area contributed by atoms with Gasteiger partial charge in [-0.15, -0.1) is 0 Å². The molecule has 0 spiro atoms. The Morgan fingerprint density at radius 2 is 2.15 bits per heavy atom. The van der Waals surface area contributed by atoms with Crippen molar-refractivity contribution in [3.05, 3.63) is 12.2 Å². The van der Waals surface area contributed by atoms with Gasteiger partial charge in [-0.3, -0.25) is 11.3 Å². The van der Waals surface area contributed by atoms with Gasteiger partial charge in [0.15, 0.2) is 0 Å². The fourth-order valence-electron chi connectivity index (χ4n) is 3.15. The monoisotopic (exact) mass is 279 g/mol. The maximum atomic E-state index is 5.72. The molecule has 5 heteroatoms. The summed E-state index contributed by atoms with van der Waals surface area (Å²) in [5, 5.41) is 4.32. The van der Waals surface area contributed by atoms with Crippen LogP contribution >= 0.6 is 0 Å². The average molecular weight is 279 g/mol. The standard InChI is InChI=1S/C15H29N5/c1-12(2)10-20-15(17-11-18-20)9-14(19-16)8-7-13-5-3-4-6-13/h11-14,19H,3-10,16H2,1-2H3. The van der Waals surface area contributed by atoms with Crippen molar-refractivity contribution in [2.24, 2.45) is 17.7 Å². The van der Waals surface area contributed by atoms with E-state index in [0.29, 0.717) is 12.0 Å². The Morgan fingerprint density at radius 3 is 2.80 bits per heavy atom. The summed E-state index contributed by atoms with van der Waals surface area (Å²) < 4.78 is 2.02. The molecule has 5 nitrogen and oxygen atoms in total. The average Bonchev–Trinajstić information content (AvgIpc) is 3.06. The van der Waals surface area contributed by atoms with E-state index in [9.17, 15) is 0 Å². The number of nitrogens with zero attached hydrogens (tertiary/aromatic N) is 3. The van der Waals surface area contributed by atoms with Gasteiger partial charge >= 0.3 is 0 Å². The zero-order valence-electron chi connectivity index (χ0n) is 12.9. The maximum Gasteiger partial charge on any atom is 0.138 e. The summed E-state index contributed by atoms with van der Waals surface area (Å²) in [6.45, 7) is 5.32. The molecule has 1 aromatic rings. The lowest BCUT2D eigenvalue weighted by Crippen LogP contribution is -2.37. The molecular weight excluding hydrogens is 250 g/mol. The highest BCUT2D eigenvalue weighted by Crippen LogP contribution is 2.29. The molecule has 2 rings (SSSR count). The van der Waals surface area contributed by atoms with Crippen molar-refractivity contribution in [3.63, 3.8) is 0 Å². The van der Waals surface area contributed by atoms with E-state index in [4.69, 9.17) is 5.84 Å². The van der Waals surface area contributed by atoms with Gasteiger partial charge in [0.25, 0.3) is 0 Å². The highest BCUT2D eigenvalue weighted by molar-refractivity contribution is 4.90. The Morgan fingerprint density at radius 1 is 1.40 bits per heavy atom. The van der Waals surface area contributed by atoms with Crippen LogP contribution in [0, 0.1) is 11.8 Å². The predicted molar refractivity (Wildman–Crippen MR) is 80.9 cm³/mol. The van der Waals surface area contributed by atoms with Gasteiger partial charge in [-0.05, 0) is 24.7 Å². The van der Waals surface area contributed by atoms with Gasteiger partial charge in [-0.2, -0.15) is 5.10 Å². The van der Waals surface area contributed by atoms with Gasteiger partial charge in [0, 0.05) is 19.0 Å². The lowest BCUT2D eigenvalue weighted by molar-refractivity contribution is 0.390. The molecule has 1 aromatic heterocycles. The smallest absolute Gasteiger partial charge is 0.138 e. The molecule has 1 saturated carbocycles. The molecule has 20 heavy (non-hydrogen) atoms. The van der Waals surface area contributed by atoms with Gasteiger partial charge < -0.3 is 0 Å². The van der Waals surface area contributed by atoms with Gasteiger partial charge in [-0.1, -0.05) is 39.5 Å². The largest absolute Gasteiger partial charge is 0.271 e. The van der Waals surface area contributed by atoms with E-state index in [0.717, 1.165) is 31.1 Å². The molecule has 1 unspecified atom stereocenters. The maximum absolute atomic E-state index is 5.72. The highest BCUT2D eigenvalue weighted by atomic mass is 15.3. The van der Waals surface area contributed by atoms with Gasteiger partial charge in [0.05, 0.1) is 0 Å². The molecule has 1 aliphatic rings. The van der Waals surface area contributed by atoms with E-state index < -0.39 is 0 Å². The summed E-state index contributed by atoms with van der Waals surface area (Å²) >= 11 is 0. The number of hydrogen-bond acceptors (Lipinski definition) is 4. The van der Waals surface area contributed by atoms with Gasteiger partial charge in [-0.25, -0.2) is 9.67 Å². The van der Waals surface area contributed by atoms with Crippen LogP contribution in [0.25, 0.3) is 0 Å². The van der Waals surface area contributed by atoms with Crippen molar-refractivity contribution in [2.75, 3.05) is 0 Å². The lowest BCUT2D eigenvalue weighted by atomic mass is 9.97. The van der Waals surface area contributed by atoms with Crippen LogP contribution in [0.5, 0.6) is 0 Å². The van der Waals surface area contributed by atoms with Gasteiger partial charge in [0.2, 0.25) is 0 Å². The molecule has 1 fully saturated rings.